The third kappa shape index (κ3) is 3.41. The third-order valence-electron chi connectivity index (χ3n) is 3.06. The predicted octanol–water partition coefficient (Wildman–Crippen LogP) is 3.68. The lowest BCUT2D eigenvalue weighted by molar-refractivity contribution is 0.292. The highest BCUT2D eigenvalue weighted by Gasteiger charge is 2.05. The number of hydrogen-bond donors (Lipinski definition) is 0. The Labute approximate surface area is 128 Å². The first kappa shape index (κ1) is 13.6. The fourth-order valence-electron chi connectivity index (χ4n) is 2.09. The van der Waals surface area contributed by atoms with Crippen molar-refractivity contribution in [3.8, 4) is 17.0 Å². The molecule has 0 atom stereocenters. The number of hydrogen-bond acceptors (Lipinski definition) is 3. The number of rotatable bonds is 5. The molecule has 0 fully saturated rings. The summed E-state index contributed by atoms with van der Waals surface area (Å²) in [5.41, 5.74) is 2.14. The zero-order valence-electron chi connectivity index (χ0n) is 11.3. The number of nitrogens with zero attached hydrogens (tertiary/aromatic N) is 3. The van der Waals surface area contributed by atoms with E-state index in [1.54, 1.807) is 24.7 Å². The number of benzene rings is 1. The first-order valence-electron chi connectivity index (χ1n) is 6.63. The van der Waals surface area contributed by atoms with Gasteiger partial charge in [-0.3, -0.25) is 9.67 Å². The Morgan fingerprint density at radius 3 is 2.71 bits per heavy atom. The van der Waals surface area contributed by atoms with Crippen LogP contribution in [0.5, 0.6) is 5.75 Å². The molecule has 21 heavy (non-hydrogen) atoms. The molecule has 2 aromatic heterocycles. The maximum Gasteiger partial charge on any atom is 0.120 e. The highest BCUT2D eigenvalue weighted by atomic mass is 35.5. The molecule has 3 rings (SSSR count). The molecule has 0 aliphatic carbocycles. The standard InChI is InChI=1S/C16H14ClN3O/c17-14-2-1-3-15(12-14)21-11-10-20-16(6-9-19-20)13-4-7-18-8-5-13/h1-9,12H,10-11H2. The smallest absolute Gasteiger partial charge is 0.120 e. The molecule has 1 aromatic carbocycles. The minimum absolute atomic E-state index is 0.528. The van der Waals surface area contributed by atoms with E-state index in [1.807, 2.05) is 41.1 Å². The molecule has 0 bridgehead atoms. The molecule has 0 spiro atoms. The van der Waals surface area contributed by atoms with Crippen LogP contribution in [-0.2, 0) is 6.54 Å². The molecule has 0 saturated heterocycles. The van der Waals surface area contributed by atoms with Crippen molar-refractivity contribution in [1.82, 2.24) is 14.8 Å². The topological polar surface area (TPSA) is 39.9 Å². The summed E-state index contributed by atoms with van der Waals surface area (Å²) in [6, 6.07) is 13.3. The molecule has 0 aliphatic heterocycles. The van der Waals surface area contributed by atoms with Gasteiger partial charge in [0, 0.05) is 29.2 Å². The van der Waals surface area contributed by atoms with Gasteiger partial charge < -0.3 is 4.74 Å². The molecule has 0 unspecified atom stereocenters. The molecule has 3 aromatic rings. The molecule has 5 heteroatoms. The largest absolute Gasteiger partial charge is 0.492 e. The molecule has 0 saturated carbocycles. The van der Waals surface area contributed by atoms with E-state index >= 15 is 0 Å². The third-order valence-corrected chi connectivity index (χ3v) is 3.30. The van der Waals surface area contributed by atoms with Crippen LogP contribution in [0.3, 0.4) is 0 Å². The molecular formula is C16H14ClN3O. The van der Waals surface area contributed by atoms with Gasteiger partial charge in [0.05, 0.1) is 12.2 Å². The summed E-state index contributed by atoms with van der Waals surface area (Å²) in [4.78, 5) is 4.03. The Kier molecular flexibility index (Phi) is 4.17. The average molecular weight is 300 g/mol. The molecule has 2 heterocycles. The van der Waals surface area contributed by atoms with Crippen molar-refractivity contribution >= 4 is 11.6 Å². The summed E-state index contributed by atoms with van der Waals surface area (Å²) in [5, 5.41) is 5.00. The van der Waals surface area contributed by atoms with E-state index in [-0.39, 0.29) is 0 Å². The molecule has 0 amide bonds. The second-order valence-electron chi connectivity index (χ2n) is 4.48. The van der Waals surface area contributed by atoms with Crippen molar-refractivity contribution in [3.05, 3.63) is 66.1 Å². The van der Waals surface area contributed by atoms with Crippen LogP contribution in [0.15, 0.2) is 61.1 Å². The highest BCUT2D eigenvalue weighted by molar-refractivity contribution is 6.30. The molecule has 0 aliphatic rings. The quantitative estimate of drug-likeness (QED) is 0.721. The lowest BCUT2D eigenvalue weighted by Crippen LogP contribution is -2.10. The minimum Gasteiger partial charge on any atom is -0.492 e. The number of aromatic nitrogens is 3. The predicted molar refractivity (Wildman–Crippen MR) is 82.4 cm³/mol. The second kappa shape index (κ2) is 6.41. The maximum atomic E-state index is 5.93. The summed E-state index contributed by atoms with van der Waals surface area (Å²) < 4.78 is 7.61. The van der Waals surface area contributed by atoms with Crippen LogP contribution in [0.4, 0.5) is 0 Å². The normalized spacial score (nSPS) is 10.5. The van der Waals surface area contributed by atoms with E-state index in [0.717, 1.165) is 17.0 Å². The summed E-state index contributed by atoms with van der Waals surface area (Å²) >= 11 is 5.93. The van der Waals surface area contributed by atoms with Gasteiger partial charge in [0.2, 0.25) is 0 Å². The number of ether oxygens (including phenoxy) is 1. The van der Waals surface area contributed by atoms with Gasteiger partial charge in [0.25, 0.3) is 0 Å². The summed E-state index contributed by atoms with van der Waals surface area (Å²) in [6.45, 7) is 1.19. The van der Waals surface area contributed by atoms with Gasteiger partial charge >= 0.3 is 0 Å². The van der Waals surface area contributed by atoms with Gasteiger partial charge in [-0.1, -0.05) is 17.7 Å². The molecule has 0 radical (unpaired) electrons. The molecule has 4 nitrogen and oxygen atoms in total. The number of halogens is 1. The molecule has 0 N–H and O–H groups in total. The van der Waals surface area contributed by atoms with Crippen molar-refractivity contribution in [3.63, 3.8) is 0 Å². The Morgan fingerprint density at radius 1 is 1.05 bits per heavy atom. The average Bonchev–Trinajstić information content (AvgIpc) is 2.97. The van der Waals surface area contributed by atoms with Crippen molar-refractivity contribution < 1.29 is 4.74 Å². The molecular weight excluding hydrogens is 286 g/mol. The first-order chi connectivity index (χ1) is 10.3. The van der Waals surface area contributed by atoms with Crippen molar-refractivity contribution in [2.24, 2.45) is 0 Å². The summed E-state index contributed by atoms with van der Waals surface area (Å²) in [6.07, 6.45) is 5.33. The van der Waals surface area contributed by atoms with Crippen molar-refractivity contribution in [1.29, 1.82) is 0 Å². The van der Waals surface area contributed by atoms with Crippen molar-refractivity contribution in [2.75, 3.05) is 6.61 Å². The second-order valence-corrected chi connectivity index (χ2v) is 4.92. The Bertz CT molecular complexity index is 712. The Morgan fingerprint density at radius 2 is 1.90 bits per heavy atom. The zero-order valence-corrected chi connectivity index (χ0v) is 12.1. The Balaban J connectivity index is 1.66. The van der Waals surface area contributed by atoms with Crippen LogP contribution in [0, 0.1) is 0 Å². The summed E-state index contributed by atoms with van der Waals surface area (Å²) in [5.74, 6) is 0.764. The SMILES string of the molecule is Clc1cccc(OCCn2nccc2-c2ccncc2)c1. The van der Waals surface area contributed by atoms with Gasteiger partial charge in [-0.25, -0.2) is 0 Å². The fourth-order valence-corrected chi connectivity index (χ4v) is 2.27. The van der Waals surface area contributed by atoms with E-state index in [2.05, 4.69) is 10.1 Å². The van der Waals surface area contributed by atoms with E-state index in [0.29, 0.717) is 18.2 Å². The van der Waals surface area contributed by atoms with Crippen LogP contribution in [-0.4, -0.2) is 21.4 Å². The monoisotopic (exact) mass is 299 g/mol. The van der Waals surface area contributed by atoms with Crippen LogP contribution >= 0.6 is 11.6 Å². The highest BCUT2D eigenvalue weighted by Crippen LogP contribution is 2.19. The number of pyridine rings is 1. The fraction of sp³-hybridized carbons (Fsp3) is 0.125. The molecule has 106 valence electrons. The van der Waals surface area contributed by atoms with E-state index in [1.165, 1.54) is 0 Å². The van der Waals surface area contributed by atoms with Crippen LogP contribution in [0.25, 0.3) is 11.3 Å². The van der Waals surface area contributed by atoms with Crippen LogP contribution in [0.2, 0.25) is 5.02 Å². The summed E-state index contributed by atoms with van der Waals surface area (Å²) in [7, 11) is 0. The lowest BCUT2D eigenvalue weighted by atomic mass is 10.2. The van der Waals surface area contributed by atoms with Crippen LogP contribution in [0.1, 0.15) is 0 Å². The maximum absolute atomic E-state index is 5.93. The van der Waals surface area contributed by atoms with E-state index < -0.39 is 0 Å². The lowest BCUT2D eigenvalue weighted by Gasteiger charge is -2.09. The van der Waals surface area contributed by atoms with Gasteiger partial charge in [-0.05, 0) is 36.4 Å². The Hall–Kier alpha value is -2.33. The van der Waals surface area contributed by atoms with Gasteiger partial charge in [-0.2, -0.15) is 5.10 Å². The van der Waals surface area contributed by atoms with E-state index in [4.69, 9.17) is 16.3 Å². The van der Waals surface area contributed by atoms with E-state index in [9.17, 15) is 0 Å². The van der Waals surface area contributed by atoms with Gasteiger partial charge in [0.1, 0.15) is 12.4 Å². The zero-order chi connectivity index (χ0) is 14.5. The van der Waals surface area contributed by atoms with Gasteiger partial charge in [-0.15, -0.1) is 0 Å². The van der Waals surface area contributed by atoms with Gasteiger partial charge in [0.15, 0.2) is 0 Å². The van der Waals surface area contributed by atoms with Crippen LogP contribution < -0.4 is 4.74 Å². The first-order valence-corrected chi connectivity index (χ1v) is 7.01. The minimum atomic E-state index is 0.528. The van der Waals surface area contributed by atoms with Crippen molar-refractivity contribution in [2.45, 2.75) is 6.54 Å².